The molecule has 0 aliphatic rings. The van der Waals surface area contributed by atoms with E-state index in [0.717, 1.165) is 18.4 Å². The predicted molar refractivity (Wildman–Crippen MR) is 106 cm³/mol. The highest BCUT2D eigenvalue weighted by Crippen LogP contribution is 2.21. The van der Waals surface area contributed by atoms with Crippen LogP contribution >= 0.6 is 23.2 Å². The second-order valence-corrected chi connectivity index (χ2v) is 6.80. The molecule has 2 aromatic rings. The maximum absolute atomic E-state index is 11.8. The minimum Gasteiger partial charge on any atom is -0.356 e. The molecule has 0 saturated carbocycles. The highest BCUT2D eigenvalue weighted by Gasteiger charge is 2.09. The predicted octanol–water partition coefficient (Wildman–Crippen LogP) is 3.79. The minimum absolute atomic E-state index is 0.167. The molecule has 0 unspecified atom stereocenters. The van der Waals surface area contributed by atoms with Gasteiger partial charge in [0, 0.05) is 23.1 Å². The summed E-state index contributed by atoms with van der Waals surface area (Å²) in [5, 5.41) is 6.65. The number of rotatable bonds is 9. The van der Waals surface area contributed by atoms with Crippen LogP contribution in [-0.2, 0) is 22.4 Å². The lowest BCUT2D eigenvalue weighted by molar-refractivity contribution is -0.129. The van der Waals surface area contributed by atoms with E-state index in [9.17, 15) is 9.59 Å². The zero-order chi connectivity index (χ0) is 18.8. The van der Waals surface area contributed by atoms with Crippen LogP contribution in [0, 0.1) is 0 Å². The lowest BCUT2D eigenvalue weighted by Gasteiger charge is -2.08. The molecule has 2 rings (SSSR count). The van der Waals surface area contributed by atoms with Gasteiger partial charge in [-0.3, -0.25) is 9.59 Å². The molecule has 26 heavy (non-hydrogen) atoms. The molecule has 4 nitrogen and oxygen atoms in total. The van der Waals surface area contributed by atoms with Gasteiger partial charge in [-0.05, 0) is 42.5 Å². The van der Waals surface area contributed by atoms with Crippen LogP contribution in [0.3, 0.4) is 0 Å². The van der Waals surface area contributed by atoms with Crippen molar-refractivity contribution in [2.24, 2.45) is 0 Å². The van der Waals surface area contributed by atoms with Crippen molar-refractivity contribution >= 4 is 35.0 Å². The molecular formula is C20H22Cl2N2O2. The maximum atomic E-state index is 11.8. The van der Waals surface area contributed by atoms with Crippen molar-refractivity contribution in [2.45, 2.75) is 25.7 Å². The molecule has 0 radical (unpaired) electrons. The summed E-state index contributed by atoms with van der Waals surface area (Å²) in [5.74, 6) is -0.560. The van der Waals surface area contributed by atoms with E-state index >= 15 is 0 Å². The van der Waals surface area contributed by atoms with Crippen LogP contribution in [0.1, 0.15) is 24.0 Å². The molecule has 2 aromatic carbocycles. The summed E-state index contributed by atoms with van der Waals surface area (Å²) in [7, 11) is 0. The van der Waals surface area contributed by atoms with Crippen LogP contribution in [0.2, 0.25) is 10.0 Å². The van der Waals surface area contributed by atoms with Gasteiger partial charge in [0.1, 0.15) is 6.42 Å². The Balaban J connectivity index is 1.59. The Bertz CT molecular complexity index is 736. The van der Waals surface area contributed by atoms with E-state index in [4.69, 9.17) is 23.2 Å². The van der Waals surface area contributed by atoms with E-state index in [1.54, 1.807) is 12.1 Å². The summed E-state index contributed by atoms with van der Waals surface area (Å²) in [6, 6.07) is 15.3. The number of benzene rings is 2. The van der Waals surface area contributed by atoms with Gasteiger partial charge in [-0.25, -0.2) is 0 Å². The van der Waals surface area contributed by atoms with Crippen molar-refractivity contribution in [3.05, 3.63) is 69.7 Å². The molecule has 0 saturated heterocycles. The highest BCUT2D eigenvalue weighted by molar-refractivity contribution is 6.35. The number of amides is 2. The third-order valence-electron chi connectivity index (χ3n) is 3.86. The fourth-order valence-corrected chi connectivity index (χ4v) is 3.00. The van der Waals surface area contributed by atoms with Crippen LogP contribution in [0.15, 0.2) is 48.5 Å². The van der Waals surface area contributed by atoms with Crippen molar-refractivity contribution in [1.82, 2.24) is 10.6 Å². The topological polar surface area (TPSA) is 58.2 Å². The summed E-state index contributed by atoms with van der Waals surface area (Å²) in [6.45, 7) is 0.975. The molecule has 0 atom stereocenters. The van der Waals surface area contributed by atoms with Gasteiger partial charge in [0.2, 0.25) is 11.8 Å². The molecule has 0 bridgehead atoms. The molecule has 0 aliphatic carbocycles. The molecule has 0 spiro atoms. The SMILES string of the molecule is O=C(CC(=O)NCCc1ccc(Cl)cc1Cl)NCCCc1ccccc1. The van der Waals surface area contributed by atoms with Gasteiger partial charge in [-0.1, -0.05) is 59.6 Å². The zero-order valence-electron chi connectivity index (χ0n) is 14.4. The first-order valence-corrected chi connectivity index (χ1v) is 9.31. The van der Waals surface area contributed by atoms with Crippen LogP contribution in [0.4, 0.5) is 0 Å². The molecule has 2 amide bonds. The summed E-state index contributed by atoms with van der Waals surface area (Å²) in [4.78, 5) is 23.6. The fraction of sp³-hybridized carbons (Fsp3) is 0.300. The molecule has 2 N–H and O–H groups in total. The summed E-state index contributed by atoms with van der Waals surface area (Å²) < 4.78 is 0. The van der Waals surface area contributed by atoms with E-state index in [2.05, 4.69) is 22.8 Å². The van der Waals surface area contributed by atoms with Gasteiger partial charge in [0.15, 0.2) is 0 Å². The third-order valence-corrected chi connectivity index (χ3v) is 4.45. The van der Waals surface area contributed by atoms with E-state index in [1.807, 2.05) is 24.3 Å². The number of carbonyl (C=O) groups excluding carboxylic acids is 2. The lowest BCUT2D eigenvalue weighted by atomic mass is 10.1. The van der Waals surface area contributed by atoms with Crippen LogP contribution in [0.25, 0.3) is 0 Å². The number of hydrogen-bond donors (Lipinski definition) is 2. The van der Waals surface area contributed by atoms with E-state index < -0.39 is 0 Å². The summed E-state index contributed by atoms with van der Waals surface area (Å²) in [5.41, 5.74) is 2.14. The fourth-order valence-electron chi connectivity index (χ4n) is 2.50. The normalized spacial score (nSPS) is 10.4. The first-order chi connectivity index (χ1) is 12.5. The Hall–Kier alpha value is -2.04. The Morgan fingerprint density at radius 3 is 2.23 bits per heavy atom. The van der Waals surface area contributed by atoms with Crippen molar-refractivity contribution in [3.8, 4) is 0 Å². The molecule has 0 aromatic heterocycles. The van der Waals surface area contributed by atoms with Crippen LogP contribution in [-0.4, -0.2) is 24.9 Å². The smallest absolute Gasteiger partial charge is 0.229 e. The second kappa shape index (κ2) is 10.8. The van der Waals surface area contributed by atoms with Gasteiger partial charge < -0.3 is 10.6 Å². The average Bonchev–Trinajstić information content (AvgIpc) is 2.61. The van der Waals surface area contributed by atoms with Crippen molar-refractivity contribution in [1.29, 1.82) is 0 Å². The van der Waals surface area contributed by atoms with Gasteiger partial charge >= 0.3 is 0 Å². The van der Waals surface area contributed by atoms with Crippen LogP contribution in [0.5, 0.6) is 0 Å². The number of hydrogen-bond acceptors (Lipinski definition) is 2. The average molecular weight is 393 g/mol. The number of aryl methyl sites for hydroxylation is 1. The lowest BCUT2D eigenvalue weighted by Crippen LogP contribution is -2.33. The van der Waals surface area contributed by atoms with Gasteiger partial charge in [-0.2, -0.15) is 0 Å². The van der Waals surface area contributed by atoms with Crippen LogP contribution < -0.4 is 10.6 Å². The van der Waals surface area contributed by atoms with Crippen molar-refractivity contribution < 1.29 is 9.59 Å². The molecule has 0 fully saturated rings. The van der Waals surface area contributed by atoms with Crippen molar-refractivity contribution in [2.75, 3.05) is 13.1 Å². The molecular weight excluding hydrogens is 371 g/mol. The highest BCUT2D eigenvalue weighted by atomic mass is 35.5. The van der Waals surface area contributed by atoms with E-state index in [-0.39, 0.29) is 18.2 Å². The summed E-state index contributed by atoms with van der Waals surface area (Å²) >= 11 is 11.9. The maximum Gasteiger partial charge on any atom is 0.229 e. The van der Waals surface area contributed by atoms with Gasteiger partial charge in [0.05, 0.1) is 0 Å². The van der Waals surface area contributed by atoms with Crippen molar-refractivity contribution in [3.63, 3.8) is 0 Å². The molecule has 0 heterocycles. The van der Waals surface area contributed by atoms with Gasteiger partial charge in [0.25, 0.3) is 0 Å². The largest absolute Gasteiger partial charge is 0.356 e. The monoisotopic (exact) mass is 392 g/mol. The first-order valence-electron chi connectivity index (χ1n) is 8.56. The zero-order valence-corrected chi connectivity index (χ0v) is 15.9. The summed E-state index contributed by atoms with van der Waals surface area (Å²) in [6.07, 6.45) is 2.15. The second-order valence-electron chi connectivity index (χ2n) is 5.95. The number of halogens is 2. The Labute approximate surface area is 163 Å². The Morgan fingerprint density at radius 1 is 0.846 bits per heavy atom. The Morgan fingerprint density at radius 2 is 1.54 bits per heavy atom. The number of carbonyl (C=O) groups is 2. The van der Waals surface area contributed by atoms with Gasteiger partial charge in [-0.15, -0.1) is 0 Å². The number of nitrogens with one attached hydrogen (secondary N) is 2. The van der Waals surface area contributed by atoms with E-state index in [1.165, 1.54) is 5.56 Å². The molecule has 0 aliphatic heterocycles. The van der Waals surface area contributed by atoms with E-state index in [0.29, 0.717) is 29.6 Å². The standard InChI is InChI=1S/C20H22Cl2N2O2/c21-17-9-8-16(18(22)13-17)10-12-24-20(26)14-19(25)23-11-4-7-15-5-2-1-3-6-15/h1-3,5-6,8-9,13H,4,7,10-12,14H2,(H,23,25)(H,24,26). The minimum atomic E-state index is -0.296. The molecule has 138 valence electrons. The first kappa shape index (κ1) is 20.3. The Kier molecular flexibility index (Phi) is 8.45. The quantitative estimate of drug-likeness (QED) is 0.503. The third kappa shape index (κ3) is 7.46. The molecule has 6 heteroatoms.